The second kappa shape index (κ2) is 6.56. The van der Waals surface area contributed by atoms with Crippen molar-refractivity contribution < 1.29 is 23.5 Å². The SMILES string of the molecule is Cc1cc(C(=O)OCC(=O)NC[C@H]2CCCO2)c(C)o1. The van der Waals surface area contributed by atoms with E-state index in [1.54, 1.807) is 19.9 Å². The fourth-order valence-corrected chi connectivity index (χ4v) is 2.13. The molecule has 0 radical (unpaired) electrons. The summed E-state index contributed by atoms with van der Waals surface area (Å²) in [6.07, 6.45) is 2.05. The molecule has 1 aromatic heterocycles. The topological polar surface area (TPSA) is 77.8 Å². The maximum absolute atomic E-state index is 11.8. The van der Waals surface area contributed by atoms with Crippen molar-refractivity contribution in [3.8, 4) is 0 Å². The number of hydrogen-bond donors (Lipinski definition) is 1. The van der Waals surface area contributed by atoms with Crippen LogP contribution in [0.3, 0.4) is 0 Å². The molecule has 6 heteroatoms. The van der Waals surface area contributed by atoms with Crippen LogP contribution in [-0.4, -0.2) is 37.7 Å². The summed E-state index contributed by atoms with van der Waals surface area (Å²) in [6.45, 7) is 4.34. The number of nitrogens with one attached hydrogen (secondary N) is 1. The van der Waals surface area contributed by atoms with E-state index >= 15 is 0 Å². The molecular weight excluding hydrogens is 262 g/mol. The van der Waals surface area contributed by atoms with Crippen LogP contribution in [0, 0.1) is 13.8 Å². The lowest BCUT2D eigenvalue weighted by molar-refractivity contribution is -0.124. The normalized spacial score (nSPS) is 18.0. The Bertz CT molecular complexity index is 488. The van der Waals surface area contributed by atoms with Gasteiger partial charge in [0.15, 0.2) is 6.61 Å². The van der Waals surface area contributed by atoms with Gasteiger partial charge in [-0.3, -0.25) is 4.79 Å². The summed E-state index contributed by atoms with van der Waals surface area (Å²) in [5, 5.41) is 2.69. The monoisotopic (exact) mass is 281 g/mol. The Morgan fingerprint density at radius 3 is 2.85 bits per heavy atom. The van der Waals surface area contributed by atoms with E-state index in [9.17, 15) is 9.59 Å². The number of furan rings is 1. The van der Waals surface area contributed by atoms with Crippen LogP contribution in [0.25, 0.3) is 0 Å². The molecule has 20 heavy (non-hydrogen) atoms. The van der Waals surface area contributed by atoms with Gasteiger partial charge >= 0.3 is 5.97 Å². The molecule has 1 atom stereocenters. The fraction of sp³-hybridized carbons (Fsp3) is 0.571. The number of aryl methyl sites for hydroxylation is 2. The van der Waals surface area contributed by atoms with Gasteiger partial charge in [-0.05, 0) is 32.8 Å². The Hall–Kier alpha value is -1.82. The zero-order valence-electron chi connectivity index (χ0n) is 11.7. The van der Waals surface area contributed by atoms with E-state index in [0.717, 1.165) is 19.4 Å². The molecule has 1 aliphatic heterocycles. The highest BCUT2D eigenvalue weighted by Crippen LogP contribution is 2.14. The van der Waals surface area contributed by atoms with Crippen molar-refractivity contribution in [3.05, 3.63) is 23.2 Å². The first kappa shape index (κ1) is 14.6. The molecule has 1 fully saturated rings. The van der Waals surface area contributed by atoms with Gasteiger partial charge in [-0.2, -0.15) is 0 Å². The third kappa shape index (κ3) is 3.84. The summed E-state index contributed by atoms with van der Waals surface area (Å²) in [7, 11) is 0. The number of amides is 1. The first-order valence-corrected chi connectivity index (χ1v) is 6.68. The maximum atomic E-state index is 11.8. The minimum atomic E-state index is -0.549. The standard InChI is InChI=1S/C14H19NO5/c1-9-6-12(10(2)20-9)14(17)19-8-13(16)15-7-11-4-3-5-18-11/h6,11H,3-5,7-8H2,1-2H3,(H,15,16)/t11-/m1/s1. The second-order valence-electron chi connectivity index (χ2n) is 4.84. The molecule has 2 rings (SSSR count). The van der Waals surface area contributed by atoms with E-state index in [4.69, 9.17) is 13.9 Å². The molecule has 0 bridgehead atoms. The lowest BCUT2D eigenvalue weighted by Gasteiger charge is -2.10. The van der Waals surface area contributed by atoms with Crippen molar-refractivity contribution in [1.82, 2.24) is 5.32 Å². The lowest BCUT2D eigenvalue weighted by atomic mass is 10.2. The summed E-state index contributed by atoms with van der Waals surface area (Å²) in [4.78, 5) is 23.3. The fourth-order valence-electron chi connectivity index (χ4n) is 2.13. The lowest BCUT2D eigenvalue weighted by Crippen LogP contribution is -2.34. The van der Waals surface area contributed by atoms with Crippen LogP contribution in [-0.2, 0) is 14.3 Å². The molecule has 2 heterocycles. The van der Waals surface area contributed by atoms with Crippen molar-refractivity contribution in [2.24, 2.45) is 0 Å². The summed E-state index contributed by atoms with van der Waals surface area (Å²) in [6, 6.07) is 1.60. The molecule has 1 aliphatic rings. The molecule has 0 aliphatic carbocycles. The number of esters is 1. The van der Waals surface area contributed by atoms with Crippen LogP contribution < -0.4 is 5.32 Å². The van der Waals surface area contributed by atoms with Crippen molar-refractivity contribution in [3.63, 3.8) is 0 Å². The average molecular weight is 281 g/mol. The van der Waals surface area contributed by atoms with E-state index in [0.29, 0.717) is 23.6 Å². The predicted octanol–water partition coefficient (Wildman–Crippen LogP) is 1.35. The van der Waals surface area contributed by atoms with Crippen molar-refractivity contribution >= 4 is 11.9 Å². The molecule has 0 aromatic carbocycles. The average Bonchev–Trinajstić information content (AvgIpc) is 3.03. The van der Waals surface area contributed by atoms with Crippen LogP contribution in [0.1, 0.15) is 34.7 Å². The van der Waals surface area contributed by atoms with Gasteiger partial charge in [0.25, 0.3) is 5.91 Å². The van der Waals surface area contributed by atoms with E-state index < -0.39 is 5.97 Å². The highest BCUT2D eigenvalue weighted by Gasteiger charge is 2.18. The molecule has 0 spiro atoms. The summed E-state index contributed by atoms with van der Waals surface area (Å²) in [5.74, 6) is 0.253. The zero-order valence-corrected chi connectivity index (χ0v) is 11.7. The summed E-state index contributed by atoms with van der Waals surface area (Å²) < 4.78 is 15.6. The van der Waals surface area contributed by atoms with Gasteiger partial charge in [0.05, 0.1) is 6.10 Å². The number of carbonyl (C=O) groups excluding carboxylic acids is 2. The number of rotatable bonds is 5. The molecule has 0 unspecified atom stereocenters. The summed E-state index contributed by atoms with van der Waals surface area (Å²) in [5.41, 5.74) is 0.356. The van der Waals surface area contributed by atoms with E-state index in [1.807, 2.05) is 0 Å². The third-order valence-electron chi connectivity index (χ3n) is 3.15. The van der Waals surface area contributed by atoms with Crippen LogP contribution in [0.4, 0.5) is 0 Å². The quantitative estimate of drug-likeness (QED) is 0.824. The van der Waals surface area contributed by atoms with Gasteiger partial charge in [0.1, 0.15) is 17.1 Å². The Kier molecular flexibility index (Phi) is 4.79. The van der Waals surface area contributed by atoms with Gasteiger partial charge in [-0.25, -0.2) is 4.79 Å². The smallest absolute Gasteiger partial charge is 0.342 e. The molecule has 6 nitrogen and oxygen atoms in total. The van der Waals surface area contributed by atoms with Crippen LogP contribution >= 0.6 is 0 Å². The molecule has 1 N–H and O–H groups in total. The number of hydrogen-bond acceptors (Lipinski definition) is 5. The van der Waals surface area contributed by atoms with Gasteiger partial charge in [0.2, 0.25) is 0 Å². The van der Waals surface area contributed by atoms with Crippen molar-refractivity contribution in [2.45, 2.75) is 32.8 Å². The van der Waals surface area contributed by atoms with E-state index in [2.05, 4.69) is 5.32 Å². The van der Waals surface area contributed by atoms with Gasteiger partial charge in [0, 0.05) is 13.2 Å². The molecule has 1 saturated heterocycles. The largest absolute Gasteiger partial charge is 0.466 e. The third-order valence-corrected chi connectivity index (χ3v) is 3.15. The molecule has 0 saturated carbocycles. The van der Waals surface area contributed by atoms with Crippen molar-refractivity contribution in [2.75, 3.05) is 19.8 Å². The zero-order chi connectivity index (χ0) is 14.5. The van der Waals surface area contributed by atoms with Gasteiger partial charge in [-0.15, -0.1) is 0 Å². The highest BCUT2D eigenvalue weighted by atomic mass is 16.5. The Balaban J connectivity index is 1.72. The highest BCUT2D eigenvalue weighted by molar-refractivity contribution is 5.92. The first-order chi connectivity index (χ1) is 9.56. The van der Waals surface area contributed by atoms with Gasteiger partial charge < -0.3 is 19.2 Å². The van der Waals surface area contributed by atoms with Crippen LogP contribution in [0.15, 0.2) is 10.5 Å². The molecule has 1 amide bonds. The maximum Gasteiger partial charge on any atom is 0.342 e. The first-order valence-electron chi connectivity index (χ1n) is 6.68. The summed E-state index contributed by atoms with van der Waals surface area (Å²) >= 11 is 0. The van der Waals surface area contributed by atoms with Crippen LogP contribution in [0.2, 0.25) is 0 Å². The Labute approximate surface area is 117 Å². The minimum Gasteiger partial charge on any atom is -0.466 e. The molecule has 110 valence electrons. The Morgan fingerprint density at radius 1 is 1.45 bits per heavy atom. The van der Waals surface area contributed by atoms with Crippen LogP contribution in [0.5, 0.6) is 0 Å². The van der Waals surface area contributed by atoms with Gasteiger partial charge in [-0.1, -0.05) is 0 Å². The van der Waals surface area contributed by atoms with E-state index in [-0.39, 0.29) is 18.6 Å². The molecule has 1 aromatic rings. The Morgan fingerprint density at radius 2 is 2.25 bits per heavy atom. The second-order valence-corrected chi connectivity index (χ2v) is 4.84. The predicted molar refractivity (Wildman–Crippen MR) is 70.4 cm³/mol. The molecular formula is C14H19NO5. The number of carbonyl (C=O) groups is 2. The van der Waals surface area contributed by atoms with Crippen molar-refractivity contribution in [1.29, 1.82) is 0 Å². The van der Waals surface area contributed by atoms with E-state index in [1.165, 1.54) is 0 Å². The number of ether oxygens (including phenoxy) is 2. The minimum absolute atomic E-state index is 0.0772.